The Hall–Kier alpha value is -3.59. The van der Waals surface area contributed by atoms with Crippen molar-refractivity contribution in [1.29, 1.82) is 0 Å². The molecule has 4 aromatic rings. The zero-order valence-electron chi connectivity index (χ0n) is 19.2. The summed E-state index contributed by atoms with van der Waals surface area (Å²) in [6, 6.07) is 5.90. The van der Waals surface area contributed by atoms with Crippen LogP contribution < -0.4 is 4.90 Å². The Morgan fingerprint density at radius 1 is 1.14 bits per heavy atom. The fourth-order valence-electron chi connectivity index (χ4n) is 4.61. The molecule has 0 aliphatic carbocycles. The molecule has 4 heterocycles. The minimum Gasteiger partial charge on any atom is -0.341 e. The Kier molecular flexibility index (Phi) is 6.34. The van der Waals surface area contributed by atoms with E-state index in [0.29, 0.717) is 27.5 Å². The van der Waals surface area contributed by atoms with Gasteiger partial charge in [0.1, 0.15) is 0 Å². The van der Waals surface area contributed by atoms with Crippen molar-refractivity contribution in [2.75, 3.05) is 18.0 Å². The number of nitro groups is 1. The van der Waals surface area contributed by atoms with Crippen molar-refractivity contribution in [2.24, 2.45) is 0 Å². The average molecular weight is 495 g/mol. The fraction of sp³-hybridized carbons (Fsp3) is 0.320. The van der Waals surface area contributed by atoms with Gasteiger partial charge in [-0.05, 0) is 48.4 Å². The van der Waals surface area contributed by atoms with Crippen molar-refractivity contribution >= 4 is 34.1 Å². The minimum absolute atomic E-state index is 0.265. The molecule has 1 saturated heterocycles. The first-order valence-corrected chi connectivity index (χ1v) is 11.9. The zero-order chi connectivity index (χ0) is 24.5. The van der Waals surface area contributed by atoms with Crippen LogP contribution in [-0.2, 0) is 13.0 Å². The van der Waals surface area contributed by atoms with E-state index in [9.17, 15) is 14.5 Å². The number of halogens is 2. The standard InChI is InChI=1S/C25H24ClFN6O2/c1-2-16-12-29-25(30-13-16)31-6-3-17(4-7-31)19-10-21(26)23(28-14-19)15-32-8-5-18-9-20(33(34)35)11-22(27)24(18)32/h5,8-14,17H,2-4,6-7,15H2,1H3. The van der Waals surface area contributed by atoms with Crippen LogP contribution in [0, 0.1) is 15.9 Å². The van der Waals surface area contributed by atoms with Crippen molar-refractivity contribution in [2.45, 2.75) is 38.6 Å². The molecule has 1 fully saturated rings. The van der Waals surface area contributed by atoms with Crippen molar-refractivity contribution in [1.82, 2.24) is 19.5 Å². The lowest BCUT2D eigenvalue weighted by molar-refractivity contribution is -0.384. The van der Waals surface area contributed by atoms with Crippen LogP contribution in [-0.4, -0.2) is 37.5 Å². The van der Waals surface area contributed by atoms with Crippen LogP contribution in [0.1, 0.15) is 42.5 Å². The number of aryl methyl sites for hydroxylation is 1. The van der Waals surface area contributed by atoms with E-state index in [4.69, 9.17) is 11.6 Å². The van der Waals surface area contributed by atoms with Gasteiger partial charge in [0.15, 0.2) is 5.82 Å². The van der Waals surface area contributed by atoms with Gasteiger partial charge in [0.25, 0.3) is 5.69 Å². The number of non-ortho nitro benzene ring substituents is 1. The summed E-state index contributed by atoms with van der Waals surface area (Å²) < 4.78 is 16.3. The van der Waals surface area contributed by atoms with Gasteiger partial charge in [0.2, 0.25) is 5.95 Å². The van der Waals surface area contributed by atoms with Gasteiger partial charge in [-0.25, -0.2) is 14.4 Å². The van der Waals surface area contributed by atoms with Crippen molar-refractivity contribution in [3.63, 3.8) is 0 Å². The van der Waals surface area contributed by atoms with Gasteiger partial charge < -0.3 is 9.47 Å². The maximum atomic E-state index is 14.6. The van der Waals surface area contributed by atoms with Crippen LogP contribution in [0.4, 0.5) is 16.0 Å². The normalized spacial score (nSPS) is 14.5. The van der Waals surface area contributed by atoms with Gasteiger partial charge in [-0.1, -0.05) is 18.5 Å². The molecule has 0 saturated carbocycles. The topological polar surface area (TPSA) is 90.0 Å². The van der Waals surface area contributed by atoms with E-state index in [-0.39, 0.29) is 12.2 Å². The summed E-state index contributed by atoms with van der Waals surface area (Å²) in [6.07, 6.45) is 10.1. The summed E-state index contributed by atoms with van der Waals surface area (Å²) >= 11 is 6.59. The van der Waals surface area contributed by atoms with Crippen LogP contribution >= 0.6 is 11.6 Å². The third-order valence-corrected chi connectivity index (χ3v) is 6.94. The zero-order valence-corrected chi connectivity index (χ0v) is 20.0. The van der Waals surface area contributed by atoms with Gasteiger partial charge in [0, 0.05) is 49.3 Å². The molecule has 0 radical (unpaired) electrons. The molecule has 8 nitrogen and oxygen atoms in total. The summed E-state index contributed by atoms with van der Waals surface area (Å²) in [5.41, 5.74) is 2.84. The number of nitro benzene ring substituents is 1. The molecular formula is C25H24ClFN6O2. The number of hydrogen-bond acceptors (Lipinski definition) is 6. The van der Waals surface area contributed by atoms with E-state index in [1.807, 2.05) is 24.7 Å². The molecular weight excluding hydrogens is 471 g/mol. The molecule has 5 rings (SSSR count). The number of aromatic nitrogens is 4. The highest BCUT2D eigenvalue weighted by Crippen LogP contribution is 2.32. The first kappa shape index (κ1) is 23.2. The Morgan fingerprint density at radius 2 is 1.89 bits per heavy atom. The second kappa shape index (κ2) is 9.58. The number of hydrogen-bond donors (Lipinski definition) is 0. The van der Waals surface area contributed by atoms with Gasteiger partial charge in [0.05, 0.1) is 33.8 Å². The molecule has 1 aromatic carbocycles. The van der Waals surface area contributed by atoms with Crippen LogP contribution in [0.5, 0.6) is 0 Å². The summed E-state index contributed by atoms with van der Waals surface area (Å²) in [5, 5.41) is 12.0. The molecule has 0 atom stereocenters. The third kappa shape index (κ3) is 4.68. The highest BCUT2D eigenvalue weighted by molar-refractivity contribution is 6.31. The largest absolute Gasteiger partial charge is 0.341 e. The summed E-state index contributed by atoms with van der Waals surface area (Å²) in [6.45, 7) is 4.06. The number of fused-ring (bicyclic) bond motifs is 1. The first-order valence-electron chi connectivity index (χ1n) is 11.6. The predicted octanol–water partition coefficient (Wildman–Crippen LogP) is 5.52. The molecule has 1 aliphatic heterocycles. The highest BCUT2D eigenvalue weighted by atomic mass is 35.5. The molecule has 0 unspecified atom stereocenters. The molecule has 0 N–H and O–H groups in total. The van der Waals surface area contributed by atoms with Crippen molar-refractivity contribution < 1.29 is 9.31 Å². The molecule has 3 aromatic heterocycles. The predicted molar refractivity (Wildman–Crippen MR) is 132 cm³/mol. The monoisotopic (exact) mass is 494 g/mol. The Morgan fingerprint density at radius 3 is 2.54 bits per heavy atom. The first-order chi connectivity index (χ1) is 16.9. The number of anilines is 1. The number of benzene rings is 1. The Balaban J connectivity index is 1.28. The molecule has 180 valence electrons. The van der Waals surface area contributed by atoms with Crippen molar-refractivity contribution in [3.8, 4) is 0 Å². The van der Waals surface area contributed by atoms with E-state index in [2.05, 4.69) is 26.8 Å². The molecule has 0 spiro atoms. The SMILES string of the molecule is CCc1cnc(N2CCC(c3cnc(Cn4ccc5cc([N+](=O)[O-])cc(F)c54)c(Cl)c3)CC2)nc1. The van der Waals surface area contributed by atoms with E-state index in [1.165, 1.54) is 6.07 Å². The molecule has 0 bridgehead atoms. The van der Waals surface area contributed by atoms with E-state index in [0.717, 1.165) is 55.5 Å². The molecule has 0 amide bonds. The van der Waals surface area contributed by atoms with Crippen LogP contribution in [0.25, 0.3) is 10.9 Å². The van der Waals surface area contributed by atoms with Crippen LogP contribution in [0.15, 0.2) is 49.1 Å². The summed E-state index contributed by atoms with van der Waals surface area (Å²) in [5.74, 6) is 0.460. The number of piperidine rings is 1. The number of nitrogens with zero attached hydrogens (tertiary/aromatic N) is 6. The van der Waals surface area contributed by atoms with Crippen molar-refractivity contribution in [3.05, 3.63) is 86.8 Å². The Labute approximate surface area is 206 Å². The number of rotatable bonds is 6. The van der Waals surface area contributed by atoms with Gasteiger partial charge in [-0.15, -0.1) is 0 Å². The van der Waals surface area contributed by atoms with E-state index < -0.39 is 10.7 Å². The lowest BCUT2D eigenvalue weighted by Gasteiger charge is -2.32. The molecule has 1 aliphatic rings. The maximum Gasteiger partial charge on any atom is 0.273 e. The Bertz CT molecular complexity index is 1380. The quantitative estimate of drug-likeness (QED) is 0.259. The smallest absolute Gasteiger partial charge is 0.273 e. The maximum absolute atomic E-state index is 14.6. The number of pyridine rings is 1. The third-order valence-electron chi connectivity index (χ3n) is 6.62. The van der Waals surface area contributed by atoms with Gasteiger partial charge >= 0.3 is 0 Å². The summed E-state index contributed by atoms with van der Waals surface area (Å²) in [4.78, 5) is 26.2. The summed E-state index contributed by atoms with van der Waals surface area (Å²) in [7, 11) is 0. The highest BCUT2D eigenvalue weighted by Gasteiger charge is 2.23. The minimum atomic E-state index is -0.646. The van der Waals surface area contributed by atoms with Gasteiger partial charge in [-0.2, -0.15) is 0 Å². The average Bonchev–Trinajstić information content (AvgIpc) is 3.28. The fourth-order valence-corrected chi connectivity index (χ4v) is 4.84. The van der Waals surface area contributed by atoms with E-state index >= 15 is 0 Å². The second-order valence-electron chi connectivity index (χ2n) is 8.77. The molecule has 10 heteroatoms. The van der Waals surface area contributed by atoms with Crippen LogP contribution in [0.2, 0.25) is 5.02 Å². The lowest BCUT2D eigenvalue weighted by Crippen LogP contribution is -2.34. The lowest BCUT2D eigenvalue weighted by atomic mass is 9.90. The van der Waals surface area contributed by atoms with E-state index in [1.54, 1.807) is 16.8 Å². The van der Waals surface area contributed by atoms with Crippen LogP contribution in [0.3, 0.4) is 0 Å². The second-order valence-corrected chi connectivity index (χ2v) is 9.18. The van der Waals surface area contributed by atoms with Gasteiger partial charge in [-0.3, -0.25) is 15.1 Å². The molecule has 35 heavy (non-hydrogen) atoms.